The number of nitrogen functional groups attached to an aromatic ring is 1. The van der Waals surface area contributed by atoms with Crippen LogP contribution in [0.4, 0.5) is 5.69 Å². The zero-order chi connectivity index (χ0) is 13.7. The highest BCUT2D eigenvalue weighted by atomic mass is 16.5. The van der Waals surface area contributed by atoms with E-state index in [9.17, 15) is 4.79 Å². The molecule has 0 aliphatic rings. The molecule has 98 valence electrons. The van der Waals surface area contributed by atoms with E-state index in [2.05, 4.69) is 9.72 Å². The molecular formula is C14H14N2O3. The molecule has 0 amide bonds. The monoisotopic (exact) mass is 258 g/mol. The molecule has 0 saturated heterocycles. The molecule has 0 atom stereocenters. The number of aromatic nitrogens is 1. The van der Waals surface area contributed by atoms with Gasteiger partial charge >= 0.3 is 5.97 Å². The number of esters is 1. The van der Waals surface area contributed by atoms with Gasteiger partial charge in [0.2, 0.25) is 0 Å². The highest BCUT2D eigenvalue weighted by Crippen LogP contribution is 2.15. The first-order valence-corrected chi connectivity index (χ1v) is 5.70. The van der Waals surface area contributed by atoms with Gasteiger partial charge in [-0.1, -0.05) is 6.07 Å². The number of carbonyl (C=O) groups is 1. The molecule has 0 spiro atoms. The van der Waals surface area contributed by atoms with Gasteiger partial charge in [-0.25, -0.2) is 4.79 Å². The summed E-state index contributed by atoms with van der Waals surface area (Å²) in [6.07, 6.45) is 1.46. The van der Waals surface area contributed by atoms with Gasteiger partial charge in [0.1, 0.15) is 12.4 Å². The number of carbonyl (C=O) groups excluding carboxylic acids is 1. The van der Waals surface area contributed by atoms with E-state index >= 15 is 0 Å². The number of hydrogen-bond acceptors (Lipinski definition) is 5. The molecule has 0 saturated carbocycles. The maximum atomic E-state index is 11.2. The fourth-order valence-corrected chi connectivity index (χ4v) is 1.51. The van der Waals surface area contributed by atoms with Crippen LogP contribution in [0.5, 0.6) is 5.75 Å². The summed E-state index contributed by atoms with van der Waals surface area (Å²) in [6, 6.07) is 10.5. The SMILES string of the molecule is COC(=O)c1ccc(COc2cccc(N)c2)nc1. The van der Waals surface area contributed by atoms with Crippen molar-refractivity contribution < 1.29 is 14.3 Å². The Balaban J connectivity index is 1.98. The molecule has 2 N–H and O–H groups in total. The number of hydrogen-bond donors (Lipinski definition) is 1. The highest BCUT2D eigenvalue weighted by molar-refractivity contribution is 5.88. The predicted octanol–water partition coefficient (Wildman–Crippen LogP) is 2.03. The lowest BCUT2D eigenvalue weighted by molar-refractivity contribution is 0.0600. The first-order valence-electron chi connectivity index (χ1n) is 5.70. The Kier molecular flexibility index (Phi) is 3.97. The van der Waals surface area contributed by atoms with Gasteiger partial charge in [-0.05, 0) is 24.3 Å². The van der Waals surface area contributed by atoms with Crippen LogP contribution in [0, 0.1) is 0 Å². The molecule has 1 aromatic carbocycles. The number of ether oxygens (including phenoxy) is 2. The minimum Gasteiger partial charge on any atom is -0.487 e. The molecule has 5 nitrogen and oxygen atoms in total. The van der Waals surface area contributed by atoms with Gasteiger partial charge in [0.05, 0.1) is 18.4 Å². The Labute approximate surface area is 111 Å². The number of nitrogens with two attached hydrogens (primary N) is 1. The molecule has 0 radical (unpaired) electrons. The van der Waals surface area contributed by atoms with Gasteiger partial charge in [0.25, 0.3) is 0 Å². The first kappa shape index (κ1) is 12.9. The van der Waals surface area contributed by atoms with Crippen LogP contribution in [0.1, 0.15) is 16.1 Å². The smallest absolute Gasteiger partial charge is 0.339 e. The Morgan fingerprint density at radius 3 is 2.79 bits per heavy atom. The normalized spacial score (nSPS) is 9.95. The number of benzene rings is 1. The Morgan fingerprint density at radius 2 is 2.16 bits per heavy atom. The van der Waals surface area contributed by atoms with E-state index < -0.39 is 5.97 Å². The molecule has 19 heavy (non-hydrogen) atoms. The third-order valence-electron chi connectivity index (χ3n) is 2.49. The van der Waals surface area contributed by atoms with Gasteiger partial charge in [0.15, 0.2) is 0 Å². The predicted molar refractivity (Wildman–Crippen MR) is 70.8 cm³/mol. The van der Waals surface area contributed by atoms with Crippen molar-refractivity contribution in [2.75, 3.05) is 12.8 Å². The van der Waals surface area contributed by atoms with Crippen molar-refractivity contribution in [3.8, 4) is 5.75 Å². The summed E-state index contributed by atoms with van der Waals surface area (Å²) in [4.78, 5) is 15.4. The van der Waals surface area contributed by atoms with Crippen molar-refractivity contribution in [1.82, 2.24) is 4.98 Å². The van der Waals surface area contributed by atoms with Crippen LogP contribution in [-0.4, -0.2) is 18.1 Å². The zero-order valence-corrected chi connectivity index (χ0v) is 10.5. The molecule has 0 aliphatic carbocycles. The van der Waals surface area contributed by atoms with Crippen LogP contribution in [0.25, 0.3) is 0 Å². The maximum absolute atomic E-state index is 11.2. The second kappa shape index (κ2) is 5.86. The van der Waals surface area contributed by atoms with Crippen LogP contribution < -0.4 is 10.5 Å². The average Bonchev–Trinajstić information content (AvgIpc) is 2.45. The van der Waals surface area contributed by atoms with Gasteiger partial charge in [0, 0.05) is 18.0 Å². The summed E-state index contributed by atoms with van der Waals surface area (Å²) in [6.45, 7) is 0.310. The van der Waals surface area contributed by atoms with Crippen molar-refractivity contribution in [3.63, 3.8) is 0 Å². The van der Waals surface area contributed by atoms with Crippen molar-refractivity contribution in [3.05, 3.63) is 53.9 Å². The van der Waals surface area contributed by atoms with Crippen LogP contribution in [0.3, 0.4) is 0 Å². The highest BCUT2D eigenvalue weighted by Gasteiger charge is 2.05. The Bertz CT molecular complexity index is 567. The summed E-state index contributed by atoms with van der Waals surface area (Å²) >= 11 is 0. The second-order valence-corrected chi connectivity index (χ2v) is 3.89. The van der Waals surface area contributed by atoms with Gasteiger partial charge in [-0.2, -0.15) is 0 Å². The molecule has 0 unspecified atom stereocenters. The topological polar surface area (TPSA) is 74.4 Å². The van der Waals surface area contributed by atoms with Gasteiger partial charge < -0.3 is 15.2 Å². The van der Waals surface area contributed by atoms with Gasteiger partial charge in [-0.3, -0.25) is 4.98 Å². The average molecular weight is 258 g/mol. The molecular weight excluding hydrogens is 244 g/mol. The summed E-state index contributed by atoms with van der Waals surface area (Å²) in [5.41, 5.74) is 7.42. The minimum absolute atomic E-state index is 0.310. The van der Waals surface area contributed by atoms with Crippen LogP contribution >= 0.6 is 0 Å². The van der Waals surface area contributed by atoms with Crippen LogP contribution in [0.15, 0.2) is 42.6 Å². The molecule has 2 aromatic rings. The lowest BCUT2D eigenvalue weighted by atomic mass is 10.2. The number of methoxy groups -OCH3 is 1. The van der Waals surface area contributed by atoms with Crippen LogP contribution in [0.2, 0.25) is 0 Å². The summed E-state index contributed by atoms with van der Waals surface area (Å²) in [7, 11) is 1.33. The van der Waals surface area contributed by atoms with Crippen molar-refractivity contribution in [2.24, 2.45) is 0 Å². The minimum atomic E-state index is -0.407. The molecule has 1 aromatic heterocycles. The van der Waals surface area contributed by atoms with Gasteiger partial charge in [-0.15, -0.1) is 0 Å². The molecule has 0 aliphatic heterocycles. The van der Waals surface area contributed by atoms with E-state index in [0.29, 0.717) is 23.6 Å². The third kappa shape index (κ3) is 3.45. The van der Waals surface area contributed by atoms with E-state index in [1.54, 1.807) is 24.3 Å². The standard InChI is InChI=1S/C14H14N2O3/c1-18-14(17)10-5-6-12(16-8-10)9-19-13-4-2-3-11(15)7-13/h2-8H,9,15H2,1H3. The number of anilines is 1. The van der Waals surface area contributed by atoms with E-state index in [1.165, 1.54) is 13.3 Å². The molecule has 5 heteroatoms. The molecule has 2 rings (SSSR count). The Morgan fingerprint density at radius 1 is 1.32 bits per heavy atom. The van der Waals surface area contributed by atoms with E-state index in [0.717, 1.165) is 5.69 Å². The molecule has 0 bridgehead atoms. The fourth-order valence-electron chi connectivity index (χ4n) is 1.51. The first-order chi connectivity index (χ1) is 9.19. The molecule has 0 fully saturated rings. The number of nitrogens with zero attached hydrogens (tertiary/aromatic N) is 1. The Hall–Kier alpha value is -2.56. The number of pyridine rings is 1. The van der Waals surface area contributed by atoms with Crippen molar-refractivity contribution in [1.29, 1.82) is 0 Å². The largest absolute Gasteiger partial charge is 0.487 e. The lowest BCUT2D eigenvalue weighted by Gasteiger charge is -2.06. The quantitative estimate of drug-likeness (QED) is 0.671. The van der Waals surface area contributed by atoms with Crippen molar-refractivity contribution >= 4 is 11.7 Å². The third-order valence-corrected chi connectivity index (χ3v) is 2.49. The maximum Gasteiger partial charge on any atom is 0.339 e. The van der Waals surface area contributed by atoms with Crippen molar-refractivity contribution in [2.45, 2.75) is 6.61 Å². The molecule has 1 heterocycles. The van der Waals surface area contributed by atoms with Crippen LogP contribution in [-0.2, 0) is 11.3 Å². The summed E-state index contributed by atoms with van der Waals surface area (Å²) in [5.74, 6) is 0.273. The summed E-state index contributed by atoms with van der Waals surface area (Å²) < 4.78 is 10.1. The second-order valence-electron chi connectivity index (χ2n) is 3.89. The van der Waals surface area contributed by atoms with E-state index in [4.69, 9.17) is 10.5 Å². The number of rotatable bonds is 4. The zero-order valence-electron chi connectivity index (χ0n) is 10.5. The van der Waals surface area contributed by atoms with E-state index in [-0.39, 0.29) is 0 Å². The fraction of sp³-hybridized carbons (Fsp3) is 0.143. The van der Waals surface area contributed by atoms with E-state index in [1.807, 2.05) is 12.1 Å². The lowest BCUT2D eigenvalue weighted by Crippen LogP contribution is -2.04. The summed E-state index contributed by atoms with van der Waals surface area (Å²) in [5, 5.41) is 0.